The second kappa shape index (κ2) is 12.3. The molecule has 2 rings (SSSR count). The van der Waals surface area contributed by atoms with Crippen LogP contribution in [0.2, 0.25) is 0 Å². The number of ether oxygens (including phenoxy) is 1. The fourth-order valence-corrected chi connectivity index (χ4v) is 2.97. The Morgan fingerprint density at radius 1 is 1.15 bits per heavy atom. The Balaban J connectivity index is 0.00000338. The van der Waals surface area contributed by atoms with Crippen LogP contribution in [0.5, 0.6) is 5.75 Å². The zero-order chi connectivity index (χ0) is 18.1. The van der Waals surface area contributed by atoms with Gasteiger partial charge in [-0.15, -0.1) is 24.0 Å². The number of benzene rings is 1. The van der Waals surface area contributed by atoms with Gasteiger partial charge in [0.25, 0.3) is 0 Å². The smallest absolute Gasteiger partial charge is 0.191 e. The van der Waals surface area contributed by atoms with Crippen molar-refractivity contribution in [2.24, 2.45) is 4.99 Å². The molecule has 1 aliphatic heterocycles. The zero-order valence-electron chi connectivity index (χ0n) is 16.5. The van der Waals surface area contributed by atoms with Gasteiger partial charge in [0.05, 0.1) is 7.11 Å². The van der Waals surface area contributed by atoms with Gasteiger partial charge < -0.3 is 20.3 Å². The molecule has 1 saturated heterocycles. The van der Waals surface area contributed by atoms with Gasteiger partial charge in [-0.25, -0.2) is 0 Å². The molecule has 6 nitrogen and oxygen atoms in total. The van der Waals surface area contributed by atoms with Crippen LogP contribution in [0, 0.1) is 0 Å². The van der Waals surface area contributed by atoms with E-state index in [1.165, 1.54) is 5.56 Å². The monoisotopic (exact) mass is 475 g/mol. The molecule has 0 bridgehead atoms. The maximum Gasteiger partial charge on any atom is 0.191 e. The molecule has 1 aliphatic rings. The largest absolute Gasteiger partial charge is 0.497 e. The van der Waals surface area contributed by atoms with Gasteiger partial charge in [-0.05, 0) is 38.1 Å². The third-order valence-corrected chi connectivity index (χ3v) is 4.81. The molecule has 2 N–H and O–H groups in total. The SMILES string of the molecule is CN=C(NCCc1ccc(OC)cc1)NCC(C)N1CCN(C)CC1.I. The lowest BCUT2D eigenvalue weighted by atomic mass is 10.1. The molecule has 0 saturated carbocycles. The van der Waals surface area contributed by atoms with E-state index in [9.17, 15) is 0 Å². The Labute approximate surface area is 175 Å². The molecule has 0 spiro atoms. The zero-order valence-corrected chi connectivity index (χ0v) is 18.8. The summed E-state index contributed by atoms with van der Waals surface area (Å²) in [7, 11) is 5.70. The van der Waals surface area contributed by atoms with Gasteiger partial charge in [0.1, 0.15) is 5.75 Å². The molecule has 1 heterocycles. The van der Waals surface area contributed by atoms with Crippen LogP contribution in [0.3, 0.4) is 0 Å². The van der Waals surface area contributed by atoms with Crippen molar-refractivity contribution in [2.75, 3.05) is 60.5 Å². The molecular formula is C19H34IN5O. The molecule has 0 aliphatic carbocycles. The Bertz CT molecular complexity index is 529. The Morgan fingerprint density at radius 2 is 1.81 bits per heavy atom. The minimum absolute atomic E-state index is 0. The molecule has 26 heavy (non-hydrogen) atoms. The van der Waals surface area contributed by atoms with Gasteiger partial charge in [-0.3, -0.25) is 9.89 Å². The molecule has 1 aromatic rings. The van der Waals surface area contributed by atoms with E-state index in [1.807, 2.05) is 19.2 Å². The highest BCUT2D eigenvalue weighted by Crippen LogP contribution is 2.11. The number of rotatable bonds is 7. The molecule has 7 heteroatoms. The standard InChI is InChI=1S/C19H33N5O.HI/c1-16(24-13-11-23(3)12-14-24)15-22-19(20-2)21-10-9-17-5-7-18(25-4)8-6-17;/h5-8,16H,9-15H2,1-4H3,(H2,20,21,22);1H. The summed E-state index contributed by atoms with van der Waals surface area (Å²) in [5.74, 6) is 1.77. The molecule has 148 valence electrons. The van der Waals surface area contributed by atoms with Crippen molar-refractivity contribution in [1.29, 1.82) is 0 Å². The molecule has 1 aromatic carbocycles. The van der Waals surface area contributed by atoms with E-state index in [2.05, 4.69) is 51.5 Å². The van der Waals surface area contributed by atoms with E-state index >= 15 is 0 Å². The van der Waals surface area contributed by atoms with Gasteiger partial charge in [-0.1, -0.05) is 12.1 Å². The van der Waals surface area contributed by atoms with Crippen molar-refractivity contribution in [3.8, 4) is 5.75 Å². The molecule has 0 amide bonds. The van der Waals surface area contributed by atoms with Gasteiger partial charge in [0.15, 0.2) is 5.96 Å². The molecule has 0 aromatic heterocycles. The first-order valence-electron chi connectivity index (χ1n) is 9.12. The average molecular weight is 475 g/mol. The average Bonchev–Trinajstić information content (AvgIpc) is 2.65. The van der Waals surface area contributed by atoms with Crippen molar-refractivity contribution >= 4 is 29.9 Å². The number of piperazine rings is 1. The second-order valence-electron chi connectivity index (χ2n) is 6.67. The quantitative estimate of drug-likeness (QED) is 0.357. The summed E-state index contributed by atoms with van der Waals surface area (Å²) in [6, 6.07) is 8.72. The third kappa shape index (κ3) is 7.67. The van der Waals surface area contributed by atoms with Crippen molar-refractivity contribution in [3.05, 3.63) is 29.8 Å². The van der Waals surface area contributed by atoms with E-state index in [1.54, 1.807) is 7.11 Å². The van der Waals surface area contributed by atoms with Gasteiger partial charge in [0.2, 0.25) is 0 Å². The minimum Gasteiger partial charge on any atom is -0.497 e. The van der Waals surface area contributed by atoms with Crippen molar-refractivity contribution < 1.29 is 4.74 Å². The maximum atomic E-state index is 5.19. The number of hydrogen-bond donors (Lipinski definition) is 2. The Hall–Kier alpha value is -1.06. The first-order chi connectivity index (χ1) is 12.1. The van der Waals surface area contributed by atoms with E-state index < -0.39 is 0 Å². The summed E-state index contributed by atoms with van der Waals surface area (Å²) in [4.78, 5) is 9.25. The highest BCUT2D eigenvalue weighted by molar-refractivity contribution is 14.0. The summed E-state index contributed by atoms with van der Waals surface area (Å²) in [5, 5.41) is 6.84. The maximum absolute atomic E-state index is 5.19. The molecule has 0 radical (unpaired) electrons. The topological polar surface area (TPSA) is 52.1 Å². The third-order valence-electron chi connectivity index (χ3n) is 4.81. The summed E-state index contributed by atoms with van der Waals surface area (Å²) in [6.45, 7) is 8.63. The summed E-state index contributed by atoms with van der Waals surface area (Å²) in [5.41, 5.74) is 1.29. The van der Waals surface area contributed by atoms with Gasteiger partial charge >= 0.3 is 0 Å². The van der Waals surface area contributed by atoms with Gasteiger partial charge in [-0.2, -0.15) is 0 Å². The normalized spacial score (nSPS) is 17.3. The van der Waals surface area contributed by atoms with E-state index in [4.69, 9.17) is 4.74 Å². The number of hydrogen-bond acceptors (Lipinski definition) is 4. The van der Waals surface area contributed by atoms with Crippen molar-refractivity contribution in [2.45, 2.75) is 19.4 Å². The highest BCUT2D eigenvalue weighted by Gasteiger charge is 2.18. The number of guanidine groups is 1. The predicted molar refractivity (Wildman–Crippen MR) is 120 cm³/mol. The van der Waals surface area contributed by atoms with E-state index in [0.29, 0.717) is 6.04 Å². The Kier molecular flexibility index (Phi) is 10.9. The van der Waals surface area contributed by atoms with Crippen LogP contribution in [-0.4, -0.2) is 82.3 Å². The first kappa shape index (κ1) is 23.0. The molecule has 1 atom stereocenters. The summed E-state index contributed by atoms with van der Waals surface area (Å²) < 4.78 is 5.19. The van der Waals surface area contributed by atoms with Crippen LogP contribution in [0.25, 0.3) is 0 Å². The summed E-state index contributed by atoms with van der Waals surface area (Å²) in [6.07, 6.45) is 0.957. The van der Waals surface area contributed by atoms with Crippen LogP contribution < -0.4 is 15.4 Å². The Morgan fingerprint density at radius 3 is 2.38 bits per heavy atom. The van der Waals surface area contributed by atoms with E-state index in [-0.39, 0.29) is 24.0 Å². The lowest BCUT2D eigenvalue weighted by molar-refractivity contribution is 0.120. The molecule has 1 unspecified atom stereocenters. The summed E-state index contributed by atoms with van der Waals surface area (Å²) >= 11 is 0. The van der Waals surface area contributed by atoms with E-state index in [0.717, 1.165) is 57.4 Å². The van der Waals surface area contributed by atoms with Crippen LogP contribution >= 0.6 is 24.0 Å². The van der Waals surface area contributed by atoms with Crippen LogP contribution in [0.15, 0.2) is 29.3 Å². The number of nitrogens with one attached hydrogen (secondary N) is 2. The fourth-order valence-electron chi connectivity index (χ4n) is 2.97. The van der Waals surface area contributed by atoms with Crippen LogP contribution in [0.4, 0.5) is 0 Å². The highest BCUT2D eigenvalue weighted by atomic mass is 127. The number of methoxy groups -OCH3 is 1. The van der Waals surface area contributed by atoms with Crippen molar-refractivity contribution in [3.63, 3.8) is 0 Å². The lowest BCUT2D eigenvalue weighted by Gasteiger charge is -2.36. The number of halogens is 1. The first-order valence-corrected chi connectivity index (χ1v) is 9.12. The van der Waals surface area contributed by atoms with Crippen LogP contribution in [0.1, 0.15) is 12.5 Å². The second-order valence-corrected chi connectivity index (χ2v) is 6.67. The van der Waals surface area contributed by atoms with Crippen molar-refractivity contribution in [1.82, 2.24) is 20.4 Å². The lowest BCUT2D eigenvalue weighted by Crippen LogP contribution is -2.52. The predicted octanol–water partition coefficient (Wildman–Crippen LogP) is 1.66. The minimum atomic E-state index is 0. The number of nitrogens with zero attached hydrogens (tertiary/aromatic N) is 3. The molecular weight excluding hydrogens is 441 g/mol. The fraction of sp³-hybridized carbons (Fsp3) is 0.632. The number of likely N-dealkylation sites (N-methyl/N-ethyl adjacent to an activating group) is 1. The number of aliphatic imine (C=N–C) groups is 1. The molecule has 1 fully saturated rings. The van der Waals surface area contributed by atoms with Crippen LogP contribution in [-0.2, 0) is 6.42 Å². The van der Waals surface area contributed by atoms with Gasteiger partial charge in [0, 0.05) is 52.4 Å².